The first kappa shape index (κ1) is 15.7. The number of hydrogen-bond donors (Lipinski definition) is 1. The molecule has 1 amide bonds. The Morgan fingerprint density at radius 1 is 1.33 bits per heavy atom. The Balaban J connectivity index is 1.88. The molecule has 2 heterocycles. The van der Waals surface area contributed by atoms with Crippen molar-refractivity contribution in [1.82, 2.24) is 19.7 Å². The van der Waals surface area contributed by atoms with Gasteiger partial charge in [0.2, 0.25) is 0 Å². The zero-order valence-electron chi connectivity index (χ0n) is 13.2. The van der Waals surface area contributed by atoms with E-state index in [0.717, 1.165) is 45.0 Å². The molecule has 1 fully saturated rings. The van der Waals surface area contributed by atoms with E-state index in [1.54, 1.807) is 12.3 Å². The third kappa shape index (κ3) is 4.41. The van der Waals surface area contributed by atoms with Gasteiger partial charge in [-0.15, -0.1) is 0 Å². The molecule has 2 rings (SSSR count). The van der Waals surface area contributed by atoms with Gasteiger partial charge in [-0.25, -0.2) is 0 Å². The fraction of sp³-hybridized carbons (Fsp3) is 0.600. The highest BCUT2D eigenvalue weighted by Crippen LogP contribution is 2.11. The summed E-state index contributed by atoms with van der Waals surface area (Å²) in [5.74, 6) is 0.0272. The average Bonchev–Trinajstić information content (AvgIpc) is 2.52. The molecule has 0 atom stereocenters. The lowest BCUT2D eigenvalue weighted by molar-refractivity contribution is 0.0624. The standard InChI is InChI=1S/C15H25N5O/c1-16-13-4-5-17-14(12-13)15(21)20-10-8-19(9-11-20)7-6-18(2)3/h4-5,12H,6-11H2,1-3H3,(H,16,17). The first-order valence-corrected chi connectivity index (χ1v) is 7.40. The van der Waals surface area contributed by atoms with Gasteiger partial charge in [-0.05, 0) is 26.2 Å². The van der Waals surface area contributed by atoms with Crippen LogP contribution in [0.2, 0.25) is 0 Å². The second-order valence-electron chi connectivity index (χ2n) is 5.62. The second-order valence-corrected chi connectivity index (χ2v) is 5.62. The highest BCUT2D eigenvalue weighted by atomic mass is 16.2. The summed E-state index contributed by atoms with van der Waals surface area (Å²) in [4.78, 5) is 23.1. The van der Waals surface area contributed by atoms with Crippen molar-refractivity contribution in [3.63, 3.8) is 0 Å². The lowest BCUT2D eigenvalue weighted by Gasteiger charge is -2.35. The number of carbonyl (C=O) groups is 1. The zero-order valence-corrected chi connectivity index (χ0v) is 13.2. The Kier molecular flexibility index (Phi) is 5.52. The van der Waals surface area contributed by atoms with Gasteiger partial charge < -0.3 is 15.1 Å². The van der Waals surface area contributed by atoms with Crippen LogP contribution in [0.25, 0.3) is 0 Å². The Bertz CT molecular complexity index is 469. The van der Waals surface area contributed by atoms with Gasteiger partial charge in [-0.3, -0.25) is 14.7 Å². The molecule has 1 aliphatic rings. The topological polar surface area (TPSA) is 51.7 Å². The number of hydrogen-bond acceptors (Lipinski definition) is 5. The van der Waals surface area contributed by atoms with Crippen molar-refractivity contribution in [3.05, 3.63) is 24.0 Å². The van der Waals surface area contributed by atoms with Crippen LogP contribution in [0.3, 0.4) is 0 Å². The molecule has 1 N–H and O–H groups in total. The highest BCUT2D eigenvalue weighted by Gasteiger charge is 2.22. The maximum Gasteiger partial charge on any atom is 0.272 e. The van der Waals surface area contributed by atoms with Crippen molar-refractivity contribution >= 4 is 11.6 Å². The van der Waals surface area contributed by atoms with Crippen molar-refractivity contribution < 1.29 is 4.79 Å². The van der Waals surface area contributed by atoms with Crippen molar-refractivity contribution in [2.75, 3.05) is 65.7 Å². The molecule has 1 aromatic rings. The molecule has 0 aliphatic carbocycles. The molecule has 0 bridgehead atoms. The summed E-state index contributed by atoms with van der Waals surface area (Å²) in [6, 6.07) is 3.66. The summed E-state index contributed by atoms with van der Waals surface area (Å²) in [6.45, 7) is 5.54. The Labute approximate surface area is 126 Å². The minimum absolute atomic E-state index is 0.0272. The molecule has 1 aliphatic heterocycles. The number of carbonyl (C=O) groups excluding carboxylic acids is 1. The smallest absolute Gasteiger partial charge is 0.272 e. The quantitative estimate of drug-likeness (QED) is 0.853. The molecule has 0 saturated carbocycles. The largest absolute Gasteiger partial charge is 0.388 e. The SMILES string of the molecule is CNc1ccnc(C(=O)N2CCN(CCN(C)C)CC2)c1. The highest BCUT2D eigenvalue weighted by molar-refractivity contribution is 5.93. The molecule has 6 heteroatoms. The minimum atomic E-state index is 0.0272. The number of pyridine rings is 1. The van der Waals surface area contributed by atoms with Crippen molar-refractivity contribution in [1.29, 1.82) is 0 Å². The number of nitrogens with one attached hydrogen (secondary N) is 1. The van der Waals surface area contributed by atoms with Gasteiger partial charge in [0.05, 0.1) is 0 Å². The number of rotatable bonds is 5. The molecule has 0 aromatic carbocycles. The molecule has 6 nitrogen and oxygen atoms in total. The molecular formula is C15H25N5O. The van der Waals surface area contributed by atoms with E-state index in [4.69, 9.17) is 0 Å². The molecular weight excluding hydrogens is 266 g/mol. The van der Waals surface area contributed by atoms with Gasteiger partial charge in [-0.2, -0.15) is 0 Å². The number of amides is 1. The van der Waals surface area contributed by atoms with Crippen molar-refractivity contribution in [2.24, 2.45) is 0 Å². The Morgan fingerprint density at radius 2 is 2.05 bits per heavy atom. The van der Waals surface area contributed by atoms with E-state index in [1.165, 1.54) is 0 Å². The summed E-state index contributed by atoms with van der Waals surface area (Å²) in [5.41, 5.74) is 1.43. The lowest BCUT2D eigenvalue weighted by Crippen LogP contribution is -2.50. The monoisotopic (exact) mass is 291 g/mol. The predicted octanol–water partition coefficient (Wildman–Crippen LogP) is 0.443. The summed E-state index contributed by atoms with van der Waals surface area (Å²) < 4.78 is 0. The van der Waals surface area contributed by atoms with Gasteiger partial charge in [-0.1, -0.05) is 0 Å². The predicted molar refractivity (Wildman–Crippen MR) is 84.7 cm³/mol. The van der Waals surface area contributed by atoms with Crippen LogP contribution in [0.1, 0.15) is 10.5 Å². The van der Waals surface area contributed by atoms with Crippen LogP contribution in [-0.2, 0) is 0 Å². The van der Waals surface area contributed by atoms with Gasteiger partial charge >= 0.3 is 0 Å². The van der Waals surface area contributed by atoms with Crippen LogP contribution in [-0.4, -0.2) is 86.0 Å². The first-order valence-electron chi connectivity index (χ1n) is 7.40. The van der Waals surface area contributed by atoms with Crippen LogP contribution in [0.5, 0.6) is 0 Å². The van der Waals surface area contributed by atoms with E-state index >= 15 is 0 Å². The Morgan fingerprint density at radius 3 is 2.67 bits per heavy atom. The summed E-state index contributed by atoms with van der Waals surface area (Å²) >= 11 is 0. The van der Waals surface area contributed by atoms with Crippen LogP contribution in [0.15, 0.2) is 18.3 Å². The molecule has 1 aromatic heterocycles. The zero-order chi connectivity index (χ0) is 15.2. The first-order chi connectivity index (χ1) is 10.1. The summed E-state index contributed by atoms with van der Waals surface area (Å²) in [6.07, 6.45) is 1.67. The molecule has 116 valence electrons. The Hall–Kier alpha value is -1.66. The van der Waals surface area contributed by atoms with Gasteiger partial charge in [0.1, 0.15) is 5.69 Å². The van der Waals surface area contributed by atoms with E-state index < -0.39 is 0 Å². The van der Waals surface area contributed by atoms with Crippen molar-refractivity contribution in [2.45, 2.75) is 0 Å². The van der Waals surface area contributed by atoms with Gasteiger partial charge in [0.15, 0.2) is 0 Å². The third-order valence-corrected chi connectivity index (χ3v) is 3.79. The molecule has 0 spiro atoms. The maximum atomic E-state index is 12.4. The number of nitrogens with zero attached hydrogens (tertiary/aromatic N) is 4. The summed E-state index contributed by atoms with van der Waals surface area (Å²) in [5, 5.41) is 3.04. The summed E-state index contributed by atoms with van der Waals surface area (Å²) in [7, 11) is 6.01. The van der Waals surface area contributed by atoms with E-state index in [2.05, 4.69) is 34.2 Å². The van der Waals surface area contributed by atoms with Crippen LogP contribution in [0, 0.1) is 0 Å². The molecule has 1 saturated heterocycles. The van der Waals surface area contributed by atoms with E-state index in [-0.39, 0.29) is 5.91 Å². The van der Waals surface area contributed by atoms with Crippen molar-refractivity contribution in [3.8, 4) is 0 Å². The number of piperazine rings is 1. The number of anilines is 1. The van der Waals surface area contributed by atoms with Gasteiger partial charge in [0.25, 0.3) is 5.91 Å². The number of aromatic nitrogens is 1. The van der Waals surface area contributed by atoms with Crippen LogP contribution >= 0.6 is 0 Å². The third-order valence-electron chi connectivity index (χ3n) is 3.79. The lowest BCUT2D eigenvalue weighted by atomic mass is 10.2. The molecule has 21 heavy (non-hydrogen) atoms. The van der Waals surface area contributed by atoms with E-state index in [0.29, 0.717) is 5.69 Å². The fourth-order valence-corrected chi connectivity index (χ4v) is 2.38. The maximum absolute atomic E-state index is 12.4. The molecule has 0 radical (unpaired) electrons. The molecule has 0 unspecified atom stereocenters. The van der Waals surface area contributed by atoms with Crippen LogP contribution in [0.4, 0.5) is 5.69 Å². The van der Waals surface area contributed by atoms with Crippen LogP contribution < -0.4 is 5.32 Å². The van der Waals surface area contributed by atoms with Gasteiger partial charge in [0, 0.05) is 58.2 Å². The number of likely N-dealkylation sites (N-methyl/N-ethyl adjacent to an activating group) is 1. The second kappa shape index (κ2) is 7.38. The van der Waals surface area contributed by atoms with E-state index in [9.17, 15) is 4.79 Å². The minimum Gasteiger partial charge on any atom is -0.388 e. The average molecular weight is 291 g/mol. The van der Waals surface area contributed by atoms with E-state index in [1.807, 2.05) is 18.0 Å². The normalized spacial score (nSPS) is 16.3. The fourth-order valence-electron chi connectivity index (χ4n) is 2.38.